The van der Waals surface area contributed by atoms with E-state index < -0.39 is 11.5 Å². The van der Waals surface area contributed by atoms with Crippen LogP contribution in [0.3, 0.4) is 0 Å². The minimum atomic E-state index is -0.610. The number of anilines is 1. The van der Waals surface area contributed by atoms with Gasteiger partial charge in [-0.1, -0.05) is 50.3 Å². The van der Waals surface area contributed by atoms with E-state index in [-0.39, 0.29) is 29.8 Å². The minimum Gasteiger partial charge on any atom is -0.396 e. The molecule has 1 saturated carbocycles. The molecule has 3 N–H and O–H groups in total. The summed E-state index contributed by atoms with van der Waals surface area (Å²) in [6, 6.07) is 10.2. The molecule has 1 aromatic carbocycles. The average molecular weight is 484 g/mol. The third-order valence-corrected chi connectivity index (χ3v) is 9.44. The second-order valence-corrected chi connectivity index (χ2v) is 11.6. The number of aromatic nitrogens is 1. The highest BCUT2D eigenvalue weighted by molar-refractivity contribution is 7.15. The topological polar surface area (TPSA) is 85.7 Å². The summed E-state index contributed by atoms with van der Waals surface area (Å²) in [5.41, 5.74) is 1.35. The Morgan fingerprint density at radius 1 is 1.35 bits per heavy atom. The van der Waals surface area contributed by atoms with Crippen molar-refractivity contribution in [1.29, 1.82) is 0 Å². The summed E-state index contributed by atoms with van der Waals surface area (Å²) in [4.78, 5) is 21.1. The molecule has 184 valence electrons. The van der Waals surface area contributed by atoms with Gasteiger partial charge in [0.05, 0.1) is 18.4 Å². The van der Waals surface area contributed by atoms with Crippen molar-refractivity contribution in [2.75, 3.05) is 25.5 Å². The lowest BCUT2D eigenvalue weighted by atomic mass is 9.47. The number of hydrogen-bond donors (Lipinski definition) is 3. The fraction of sp³-hybridized carbons (Fsp3) is 0.556. The third-order valence-electron chi connectivity index (χ3n) is 8.39. The van der Waals surface area contributed by atoms with Crippen LogP contribution in [0.15, 0.2) is 43.0 Å². The molecule has 1 heterocycles. The van der Waals surface area contributed by atoms with Crippen molar-refractivity contribution in [2.45, 2.75) is 58.1 Å². The minimum absolute atomic E-state index is 0.0613. The van der Waals surface area contributed by atoms with Crippen molar-refractivity contribution in [1.82, 2.24) is 9.88 Å². The summed E-state index contributed by atoms with van der Waals surface area (Å²) < 4.78 is 0. The van der Waals surface area contributed by atoms with Gasteiger partial charge in [0.2, 0.25) is 5.91 Å². The van der Waals surface area contributed by atoms with E-state index in [1.165, 1.54) is 5.56 Å². The Balaban J connectivity index is 1.69. The number of carbonyl (C=O) groups excluding carboxylic acids is 1. The number of benzene rings is 1. The van der Waals surface area contributed by atoms with E-state index in [4.69, 9.17) is 4.98 Å². The molecule has 6 nitrogen and oxygen atoms in total. The van der Waals surface area contributed by atoms with Crippen LogP contribution in [-0.2, 0) is 17.8 Å². The summed E-state index contributed by atoms with van der Waals surface area (Å²) >= 11 is 1.64. The van der Waals surface area contributed by atoms with Gasteiger partial charge >= 0.3 is 0 Å². The molecule has 0 bridgehead atoms. The van der Waals surface area contributed by atoms with Crippen LogP contribution in [-0.4, -0.2) is 52.3 Å². The van der Waals surface area contributed by atoms with Crippen LogP contribution in [0.4, 0.5) is 5.13 Å². The molecule has 1 amide bonds. The second-order valence-electron chi connectivity index (χ2n) is 10.5. The quantitative estimate of drug-likeness (QED) is 0.490. The Morgan fingerprint density at radius 3 is 2.76 bits per heavy atom. The number of amides is 1. The number of nitrogens with one attached hydrogen (secondary N) is 1. The Bertz CT molecular complexity index is 1030. The van der Waals surface area contributed by atoms with E-state index in [2.05, 4.69) is 31.0 Å². The van der Waals surface area contributed by atoms with E-state index in [0.29, 0.717) is 25.9 Å². The number of likely N-dealkylation sites (N-methyl/N-ethyl adjacent to an activating group) is 1. The molecule has 0 saturated heterocycles. The summed E-state index contributed by atoms with van der Waals surface area (Å²) in [6.07, 6.45) is 3.74. The van der Waals surface area contributed by atoms with Gasteiger partial charge in [-0.25, -0.2) is 4.98 Å². The molecule has 1 fully saturated rings. The molecule has 2 aliphatic carbocycles. The molecule has 0 spiro atoms. The van der Waals surface area contributed by atoms with E-state index in [1.807, 2.05) is 32.2 Å². The van der Waals surface area contributed by atoms with Gasteiger partial charge in [0, 0.05) is 42.8 Å². The van der Waals surface area contributed by atoms with Gasteiger partial charge in [-0.3, -0.25) is 4.79 Å². The first kappa shape index (κ1) is 24.9. The summed E-state index contributed by atoms with van der Waals surface area (Å²) in [7, 11) is 1.81. The van der Waals surface area contributed by atoms with Gasteiger partial charge in [0.1, 0.15) is 0 Å². The number of aliphatic hydroxyl groups excluding tert-OH is 2. The van der Waals surface area contributed by atoms with Gasteiger partial charge in [-0.15, -0.1) is 17.9 Å². The van der Waals surface area contributed by atoms with E-state index >= 15 is 0 Å². The van der Waals surface area contributed by atoms with Crippen LogP contribution in [0.5, 0.6) is 0 Å². The van der Waals surface area contributed by atoms with Crippen LogP contribution in [0.2, 0.25) is 0 Å². The number of nitrogens with zero attached hydrogens (tertiary/aromatic N) is 2. The maximum Gasteiger partial charge on any atom is 0.223 e. The fourth-order valence-electron chi connectivity index (χ4n) is 6.12. The van der Waals surface area contributed by atoms with Crippen LogP contribution in [0, 0.1) is 16.7 Å². The monoisotopic (exact) mass is 483 g/mol. The van der Waals surface area contributed by atoms with Gasteiger partial charge in [-0.2, -0.15) is 0 Å². The number of carbonyl (C=O) groups is 1. The zero-order valence-corrected chi connectivity index (χ0v) is 21.3. The number of hydrogen-bond acceptors (Lipinski definition) is 6. The predicted octanol–water partition coefficient (Wildman–Crippen LogP) is 4.21. The first-order chi connectivity index (χ1) is 16.2. The van der Waals surface area contributed by atoms with Gasteiger partial charge in [0.15, 0.2) is 5.13 Å². The smallest absolute Gasteiger partial charge is 0.223 e. The summed E-state index contributed by atoms with van der Waals surface area (Å²) in [6.45, 7) is 9.13. The molecule has 2 aliphatic rings. The lowest BCUT2D eigenvalue weighted by molar-refractivity contribution is -0.146. The SMILES string of the molecule is C=CCN(C)C(=O)CC1c2nc(NCc3ccccc3)sc2CC2C(C)(CO)C(O)CCC12C. The highest BCUT2D eigenvalue weighted by atomic mass is 32.1. The number of aliphatic hydroxyl groups is 2. The second kappa shape index (κ2) is 9.80. The molecule has 0 radical (unpaired) electrons. The lowest BCUT2D eigenvalue weighted by Gasteiger charge is -2.58. The van der Waals surface area contributed by atoms with Crippen LogP contribution in [0.1, 0.15) is 55.2 Å². The predicted molar refractivity (Wildman–Crippen MR) is 137 cm³/mol. The van der Waals surface area contributed by atoms with Crippen molar-refractivity contribution in [2.24, 2.45) is 16.7 Å². The molecule has 4 rings (SSSR count). The lowest BCUT2D eigenvalue weighted by Crippen LogP contribution is -2.57. The number of thiazole rings is 1. The number of rotatable bonds is 8. The molecule has 34 heavy (non-hydrogen) atoms. The summed E-state index contributed by atoms with van der Waals surface area (Å²) in [5, 5.41) is 25.6. The standard InChI is InChI=1S/C27H37N3O3S/c1-5-13-30(4)23(33)14-19-24-20(34-25(29-24)28-16-18-9-7-6-8-10-18)15-21-26(19,2)12-11-22(32)27(21,3)17-31/h5-10,19,21-22,31-32H,1,11-17H2,2-4H3,(H,28,29). The molecule has 1 aromatic heterocycles. The summed E-state index contributed by atoms with van der Waals surface area (Å²) in [5.74, 6) is 0.0652. The highest BCUT2D eigenvalue weighted by Gasteiger charge is 2.59. The maximum absolute atomic E-state index is 13.2. The van der Waals surface area contributed by atoms with Gasteiger partial charge < -0.3 is 20.4 Å². The zero-order chi connectivity index (χ0) is 24.5. The van der Waals surface area contributed by atoms with Crippen LogP contribution >= 0.6 is 11.3 Å². The molecule has 5 atom stereocenters. The van der Waals surface area contributed by atoms with E-state index in [1.54, 1.807) is 22.3 Å². The molecule has 5 unspecified atom stereocenters. The molecular weight excluding hydrogens is 446 g/mol. The van der Waals surface area contributed by atoms with Crippen LogP contribution < -0.4 is 5.32 Å². The molecule has 2 aromatic rings. The van der Waals surface area contributed by atoms with E-state index in [9.17, 15) is 15.0 Å². The first-order valence-electron chi connectivity index (χ1n) is 12.1. The van der Waals surface area contributed by atoms with Gasteiger partial charge in [-0.05, 0) is 36.2 Å². The first-order valence-corrected chi connectivity index (χ1v) is 13.0. The largest absolute Gasteiger partial charge is 0.396 e. The third kappa shape index (κ3) is 4.41. The van der Waals surface area contributed by atoms with Gasteiger partial charge in [0.25, 0.3) is 0 Å². The average Bonchev–Trinajstić information content (AvgIpc) is 3.25. The molecular formula is C27H37N3O3S. The number of fused-ring (bicyclic) bond motifs is 2. The fourth-order valence-corrected chi connectivity index (χ4v) is 7.18. The molecule has 7 heteroatoms. The van der Waals surface area contributed by atoms with E-state index in [0.717, 1.165) is 28.5 Å². The zero-order valence-electron chi connectivity index (χ0n) is 20.5. The van der Waals surface area contributed by atoms with Crippen molar-refractivity contribution < 1.29 is 15.0 Å². The Hall–Kier alpha value is -2.22. The van der Waals surface area contributed by atoms with Crippen molar-refractivity contribution in [3.05, 3.63) is 59.1 Å². The Morgan fingerprint density at radius 2 is 2.09 bits per heavy atom. The Labute approximate surface area is 206 Å². The molecule has 0 aliphatic heterocycles. The Kier molecular flexibility index (Phi) is 7.17. The van der Waals surface area contributed by atoms with Crippen molar-refractivity contribution in [3.63, 3.8) is 0 Å². The normalized spacial score (nSPS) is 30.2. The van der Waals surface area contributed by atoms with Crippen molar-refractivity contribution >= 4 is 22.4 Å². The highest BCUT2D eigenvalue weighted by Crippen LogP contribution is 2.62. The maximum atomic E-state index is 13.2. The van der Waals surface area contributed by atoms with Crippen molar-refractivity contribution in [3.8, 4) is 0 Å². The van der Waals surface area contributed by atoms with Crippen LogP contribution in [0.25, 0.3) is 0 Å².